The Hall–Kier alpha value is -2.09. The molecule has 3 aromatic rings. The van der Waals surface area contributed by atoms with Crippen molar-refractivity contribution in [2.45, 2.75) is 0 Å². The van der Waals surface area contributed by atoms with Gasteiger partial charge >= 0.3 is 0 Å². The molecule has 0 aliphatic rings. The highest BCUT2D eigenvalue weighted by Gasteiger charge is 2.04. The van der Waals surface area contributed by atoms with Gasteiger partial charge in [0.25, 0.3) is 0 Å². The van der Waals surface area contributed by atoms with Crippen LogP contribution < -0.4 is 0 Å². The lowest BCUT2D eigenvalue weighted by Gasteiger charge is -1.93. The van der Waals surface area contributed by atoms with Gasteiger partial charge in [-0.2, -0.15) is 0 Å². The van der Waals surface area contributed by atoms with Crippen molar-refractivity contribution in [1.29, 1.82) is 0 Å². The van der Waals surface area contributed by atoms with Gasteiger partial charge in [-0.3, -0.25) is 4.98 Å². The molecule has 0 radical (unpaired) electrons. The van der Waals surface area contributed by atoms with E-state index >= 15 is 0 Å². The largest absolute Gasteiger partial charge is 0.456 e. The summed E-state index contributed by atoms with van der Waals surface area (Å²) in [5.41, 5.74) is 1.97. The fourth-order valence-corrected chi connectivity index (χ4v) is 1.63. The predicted octanol–water partition coefficient (Wildman–Crippen LogP) is 3.49. The van der Waals surface area contributed by atoms with Crippen LogP contribution in [-0.4, -0.2) is 4.98 Å². The summed E-state index contributed by atoms with van der Waals surface area (Å²) in [6.45, 7) is 0. The molecule has 0 saturated carbocycles. The van der Waals surface area contributed by atoms with E-state index in [0.29, 0.717) is 0 Å². The van der Waals surface area contributed by atoms with Crippen LogP contribution in [0.1, 0.15) is 0 Å². The minimum atomic E-state index is 0.879. The number of rotatable bonds is 1. The number of hydrogen-bond donors (Lipinski definition) is 0. The maximum Gasteiger partial charge on any atom is 0.137 e. The molecule has 72 valence electrons. The van der Waals surface area contributed by atoms with Crippen molar-refractivity contribution in [2.24, 2.45) is 0 Å². The highest BCUT2D eigenvalue weighted by molar-refractivity contribution is 5.81. The van der Waals surface area contributed by atoms with Crippen LogP contribution in [0, 0.1) is 0 Å². The van der Waals surface area contributed by atoms with Crippen LogP contribution >= 0.6 is 0 Å². The Labute approximate surface area is 87.2 Å². The average molecular weight is 195 g/mol. The van der Waals surface area contributed by atoms with Crippen molar-refractivity contribution in [1.82, 2.24) is 4.98 Å². The molecule has 0 unspecified atom stereocenters. The van der Waals surface area contributed by atoms with Crippen molar-refractivity contribution in [3.05, 3.63) is 54.9 Å². The molecule has 0 bridgehead atoms. The number of furan rings is 1. The van der Waals surface area contributed by atoms with E-state index in [1.54, 1.807) is 6.20 Å². The average Bonchev–Trinajstić information content (AvgIpc) is 2.74. The highest BCUT2D eigenvalue weighted by atomic mass is 16.3. The number of pyridine rings is 1. The van der Waals surface area contributed by atoms with Crippen LogP contribution in [0.4, 0.5) is 0 Å². The number of fused-ring (bicyclic) bond motifs is 1. The van der Waals surface area contributed by atoms with Crippen molar-refractivity contribution in [3.63, 3.8) is 0 Å². The molecule has 0 aliphatic carbocycles. The zero-order valence-corrected chi connectivity index (χ0v) is 8.05. The molecule has 15 heavy (non-hydrogen) atoms. The monoisotopic (exact) mass is 195 g/mol. The first-order valence-electron chi connectivity index (χ1n) is 4.82. The van der Waals surface area contributed by atoms with Gasteiger partial charge < -0.3 is 4.42 Å². The van der Waals surface area contributed by atoms with Gasteiger partial charge in [0.05, 0.1) is 0 Å². The minimum absolute atomic E-state index is 0.879. The standard InChI is InChI=1S/C13H9NO/c1-2-4-10(5-3-1)13-8-11-9-14-7-6-12(11)15-13/h1-9H. The molecule has 2 aromatic heterocycles. The summed E-state index contributed by atoms with van der Waals surface area (Å²) < 4.78 is 5.71. The second-order valence-corrected chi connectivity index (χ2v) is 3.39. The fourth-order valence-electron chi connectivity index (χ4n) is 1.63. The predicted molar refractivity (Wildman–Crippen MR) is 59.4 cm³/mol. The molecule has 2 heterocycles. The van der Waals surface area contributed by atoms with E-state index in [1.165, 1.54) is 0 Å². The second-order valence-electron chi connectivity index (χ2n) is 3.39. The quantitative estimate of drug-likeness (QED) is 0.594. The van der Waals surface area contributed by atoms with Crippen LogP contribution in [-0.2, 0) is 0 Å². The number of nitrogens with zero attached hydrogens (tertiary/aromatic N) is 1. The summed E-state index contributed by atoms with van der Waals surface area (Å²) in [7, 11) is 0. The van der Waals surface area contributed by atoms with Crippen LogP contribution in [0.2, 0.25) is 0 Å². The lowest BCUT2D eigenvalue weighted by Crippen LogP contribution is -1.69. The minimum Gasteiger partial charge on any atom is -0.456 e. The van der Waals surface area contributed by atoms with E-state index in [9.17, 15) is 0 Å². The van der Waals surface area contributed by atoms with Crippen molar-refractivity contribution in [3.8, 4) is 11.3 Å². The van der Waals surface area contributed by atoms with Crippen LogP contribution in [0.5, 0.6) is 0 Å². The Bertz CT molecular complexity index is 551. The van der Waals surface area contributed by atoms with Crippen molar-refractivity contribution in [2.75, 3.05) is 0 Å². The SMILES string of the molecule is c1ccc(-c2cc3cnccc3o2)cc1. The normalized spacial score (nSPS) is 10.7. The number of aromatic nitrogens is 1. The van der Waals surface area contributed by atoms with Gasteiger partial charge in [0.1, 0.15) is 11.3 Å². The van der Waals surface area contributed by atoms with Crippen LogP contribution in [0.3, 0.4) is 0 Å². The molecule has 2 nitrogen and oxygen atoms in total. The van der Waals surface area contributed by atoms with Gasteiger partial charge in [0.15, 0.2) is 0 Å². The molecule has 0 N–H and O–H groups in total. The van der Waals surface area contributed by atoms with Gasteiger partial charge in [-0.05, 0) is 12.1 Å². The molecule has 0 aliphatic heterocycles. The summed E-state index contributed by atoms with van der Waals surface area (Å²) in [6, 6.07) is 13.9. The summed E-state index contributed by atoms with van der Waals surface area (Å²) in [5, 5.41) is 1.04. The molecule has 0 amide bonds. The van der Waals surface area contributed by atoms with Crippen LogP contribution in [0.15, 0.2) is 59.3 Å². The van der Waals surface area contributed by atoms with Crippen molar-refractivity contribution >= 4 is 11.0 Å². The molecule has 0 fully saturated rings. The third-order valence-corrected chi connectivity index (χ3v) is 2.37. The first-order chi connectivity index (χ1) is 7.43. The molecule has 0 saturated heterocycles. The Morgan fingerprint density at radius 3 is 2.67 bits per heavy atom. The van der Waals surface area contributed by atoms with E-state index in [4.69, 9.17) is 4.42 Å². The van der Waals surface area contributed by atoms with Gasteiger partial charge in [0, 0.05) is 23.3 Å². The topological polar surface area (TPSA) is 26.0 Å². The Kier molecular flexibility index (Phi) is 1.78. The van der Waals surface area contributed by atoms with E-state index in [2.05, 4.69) is 4.98 Å². The maximum absolute atomic E-state index is 5.71. The fraction of sp³-hybridized carbons (Fsp3) is 0. The van der Waals surface area contributed by atoms with Gasteiger partial charge in [-0.25, -0.2) is 0 Å². The molecule has 2 heteroatoms. The summed E-state index contributed by atoms with van der Waals surface area (Å²) in [6.07, 6.45) is 3.55. The molecular weight excluding hydrogens is 186 g/mol. The smallest absolute Gasteiger partial charge is 0.137 e. The van der Waals surface area contributed by atoms with E-state index in [-0.39, 0.29) is 0 Å². The Morgan fingerprint density at radius 2 is 1.87 bits per heavy atom. The third-order valence-electron chi connectivity index (χ3n) is 2.37. The molecule has 1 aromatic carbocycles. The molecular formula is C13H9NO. The lowest BCUT2D eigenvalue weighted by atomic mass is 10.2. The second kappa shape index (κ2) is 3.24. The lowest BCUT2D eigenvalue weighted by molar-refractivity contribution is 0.631. The molecule has 3 rings (SSSR count). The highest BCUT2D eigenvalue weighted by Crippen LogP contribution is 2.26. The zero-order chi connectivity index (χ0) is 10.1. The first-order valence-corrected chi connectivity index (χ1v) is 4.82. The Balaban J connectivity index is 2.21. The molecule has 0 atom stereocenters. The molecule has 0 spiro atoms. The van der Waals surface area contributed by atoms with Crippen molar-refractivity contribution < 1.29 is 4.42 Å². The summed E-state index contributed by atoms with van der Waals surface area (Å²) in [4.78, 5) is 4.06. The summed E-state index contributed by atoms with van der Waals surface area (Å²) >= 11 is 0. The maximum atomic E-state index is 5.71. The van der Waals surface area contributed by atoms with Gasteiger partial charge in [0.2, 0.25) is 0 Å². The number of benzene rings is 1. The third kappa shape index (κ3) is 1.40. The zero-order valence-electron chi connectivity index (χ0n) is 8.05. The number of hydrogen-bond acceptors (Lipinski definition) is 2. The van der Waals surface area contributed by atoms with Crippen LogP contribution in [0.25, 0.3) is 22.3 Å². The van der Waals surface area contributed by atoms with E-state index in [0.717, 1.165) is 22.3 Å². The van der Waals surface area contributed by atoms with Gasteiger partial charge in [-0.1, -0.05) is 30.3 Å². The Morgan fingerprint density at radius 1 is 1.00 bits per heavy atom. The summed E-state index contributed by atoms with van der Waals surface area (Å²) in [5.74, 6) is 0.888. The van der Waals surface area contributed by atoms with E-state index in [1.807, 2.05) is 48.7 Å². The van der Waals surface area contributed by atoms with Gasteiger partial charge in [-0.15, -0.1) is 0 Å². The first kappa shape index (κ1) is 8.24. The van der Waals surface area contributed by atoms with E-state index < -0.39 is 0 Å².